The molecule has 20 heavy (non-hydrogen) atoms. The lowest BCUT2D eigenvalue weighted by Crippen LogP contribution is -2.26. The maximum absolute atomic E-state index is 11.5. The molecular formula is C18H37NO. The zero-order chi connectivity index (χ0) is 15.1. The number of hydrogen-bond acceptors (Lipinski definition) is 1. The van der Waals surface area contributed by atoms with Gasteiger partial charge in [-0.25, -0.2) is 0 Å². The SMILES string of the molecule is CCCCCCCCCCCCCC(CC)C(=O)NC. The minimum atomic E-state index is 0.222. The number of nitrogens with one attached hydrogen (secondary N) is 1. The van der Waals surface area contributed by atoms with Crippen molar-refractivity contribution in [1.82, 2.24) is 5.32 Å². The minimum Gasteiger partial charge on any atom is -0.359 e. The molecule has 0 aliphatic heterocycles. The molecule has 0 fully saturated rings. The lowest BCUT2D eigenvalue weighted by atomic mass is 9.97. The van der Waals surface area contributed by atoms with E-state index in [0.29, 0.717) is 0 Å². The predicted molar refractivity (Wildman–Crippen MR) is 88.9 cm³/mol. The van der Waals surface area contributed by atoms with Gasteiger partial charge in [-0.15, -0.1) is 0 Å². The smallest absolute Gasteiger partial charge is 0.222 e. The molecule has 1 atom stereocenters. The van der Waals surface area contributed by atoms with E-state index in [0.717, 1.165) is 12.8 Å². The Balaban J connectivity index is 3.25. The van der Waals surface area contributed by atoms with Crippen LogP contribution < -0.4 is 5.32 Å². The van der Waals surface area contributed by atoms with Crippen molar-refractivity contribution in [3.63, 3.8) is 0 Å². The van der Waals surface area contributed by atoms with E-state index in [4.69, 9.17) is 0 Å². The lowest BCUT2D eigenvalue weighted by molar-refractivity contribution is -0.124. The van der Waals surface area contributed by atoms with Gasteiger partial charge < -0.3 is 5.32 Å². The third-order valence-electron chi connectivity index (χ3n) is 4.27. The normalized spacial score (nSPS) is 12.3. The number of carbonyl (C=O) groups is 1. The van der Waals surface area contributed by atoms with Crippen LogP contribution >= 0.6 is 0 Å². The molecule has 2 nitrogen and oxygen atoms in total. The third-order valence-corrected chi connectivity index (χ3v) is 4.27. The minimum absolute atomic E-state index is 0.222. The average molecular weight is 283 g/mol. The zero-order valence-corrected chi connectivity index (χ0v) is 14.2. The van der Waals surface area contributed by atoms with Gasteiger partial charge in [-0.1, -0.05) is 84.5 Å². The van der Waals surface area contributed by atoms with Crippen molar-refractivity contribution in [2.75, 3.05) is 7.05 Å². The molecule has 120 valence electrons. The fraction of sp³-hybridized carbons (Fsp3) is 0.944. The van der Waals surface area contributed by atoms with Crippen LogP contribution in [-0.4, -0.2) is 13.0 Å². The summed E-state index contributed by atoms with van der Waals surface area (Å²) in [6, 6.07) is 0. The monoisotopic (exact) mass is 283 g/mol. The first-order valence-corrected chi connectivity index (χ1v) is 8.97. The van der Waals surface area contributed by atoms with Crippen molar-refractivity contribution in [3.05, 3.63) is 0 Å². The fourth-order valence-corrected chi connectivity index (χ4v) is 2.78. The first-order chi connectivity index (χ1) is 9.76. The van der Waals surface area contributed by atoms with E-state index in [2.05, 4.69) is 19.2 Å². The van der Waals surface area contributed by atoms with Crippen molar-refractivity contribution in [1.29, 1.82) is 0 Å². The van der Waals surface area contributed by atoms with Crippen molar-refractivity contribution in [2.45, 2.75) is 97.3 Å². The zero-order valence-electron chi connectivity index (χ0n) is 14.2. The summed E-state index contributed by atoms with van der Waals surface area (Å²) < 4.78 is 0. The topological polar surface area (TPSA) is 29.1 Å². The highest BCUT2D eigenvalue weighted by atomic mass is 16.1. The highest BCUT2D eigenvalue weighted by molar-refractivity contribution is 5.78. The van der Waals surface area contributed by atoms with Crippen LogP contribution in [0.3, 0.4) is 0 Å². The van der Waals surface area contributed by atoms with E-state index >= 15 is 0 Å². The first-order valence-electron chi connectivity index (χ1n) is 8.97. The van der Waals surface area contributed by atoms with Crippen molar-refractivity contribution < 1.29 is 4.79 Å². The van der Waals surface area contributed by atoms with Gasteiger partial charge in [0.1, 0.15) is 0 Å². The Kier molecular flexibility index (Phi) is 14.5. The maximum atomic E-state index is 11.5. The van der Waals surface area contributed by atoms with E-state index < -0.39 is 0 Å². The van der Waals surface area contributed by atoms with Crippen LogP contribution in [0.15, 0.2) is 0 Å². The number of amides is 1. The molecule has 1 N–H and O–H groups in total. The van der Waals surface area contributed by atoms with Crippen LogP contribution in [0.4, 0.5) is 0 Å². The Bertz CT molecular complexity index is 215. The fourth-order valence-electron chi connectivity index (χ4n) is 2.78. The van der Waals surface area contributed by atoms with E-state index in [1.54, 1.807) is 7.05 Å². The molecular weight excluding hydrogens is 246 g/mol. The van der Waals surface area contributed by atoms with Crippen LogP contribution in [0.5, 0.6) is 0 Å². The summed E-state index contributed by atoms with van der Waals surface area (Å²) in [6.45, 7) is 4.38. The molecule has 0 bridgehead atoms. The van der Waals surface area contributed by atoms with Crippen LogP contribution in [0, 0.1) is 5.92 Å². The van der Waals surface area contributed by atoms with Crippen LogP contribution in [-0.2, 0) is 4.79 Å². The Labute approximate surface area is 127 Å². The van der Waals surface area contributed by atoms with E-state index in [9.17, 15) is 4.79 Å². The highest BCUT2D eigenvalue weighted by Crippen LogP contribution is 2.16. The Morgan fingerprint density at radius 2 is 1.25 bits per heavy atom. The molecule has 0 saturated carbocycles. The molecule has 1 unspecified atom stereocenters. The molecule has 0 aromatic heterocycles. The summed E-state index contributed by atoms with van der Waals surface area (Å²) in [5.74, 6) is 0.457. The molecule has 0 rings (SSSR count). The van der Waals surface area contributed by atoms with Gasteiger partial charge in [-0.05, 0) is 12.8 Å². The van der Waals surface area contributed by atoms with Gasteiger partial charge in [-0.3, -0.25) is 4.79 Å². The Hall–Kier alpha value is -0.530. The third kappa shape index (κ3) is 11.3. The Morgan fingerprint density at radius 1 is 0.800 bits per heavy atom. The van der Waals surface area contributed by atoms with Crippen molar-refractivity contribution >= 4 is 5.91 Å². The van der Waals surface area contributed by atoms with Crippen molar-refractivity contribution in [2.24, 2.45) is 5.92 Å². The summed E-state index contributed by atoms with van der Waals surface area (Å²) in [4.78, 5) is 11.5. The molecule has 0 heterocycles. The second-order valence-electron chi connectivity index (χ2n) is 6.04. The van der Waals surface area contributed by atoms with Gasteiger partial charge >= 0.3 is 0 Å². The molecule has 0 aliphatic rings. The number of unbranched alkanes of at least 4 members (excludes halogenated alkanes) is 10. The van der Waals surface area contributed by atoms with Gasteiger partial charge in [0.2, 0.25) is 5.91 Å². The number of rotatable bonds is 14. The molecule has 0 aromatic carbocycles. The predicted octanol–water partition coefficient (Wildman–Crippen LogP) is 5.46. The molecule has 1 amide bonds. The highest BCUT2D eigenvalue weighted by Gasteiger charge is 2.13. The summed E-state index contributed by atoms with van der Waals surface area (Å²) >= 11 is 0. The molecule has 0 radical (unpaired) electrons. The molecule has 0 spiro atoms. The Morgan fingerprint density at radius 3 is 1.65 bits per heavy atom. The van der Waals surface area contributed by atoms with E-state index in [-0.39, 0.29) is 11.8 Å². The molecule has 0 aromatic rings. The molecule has 0 aliphatic carbocycles. The standard InChI is InChI=1S/C18H37NO/c1-4-6-7-8-9-10-11-12-13-14-15-16-17(5-2)18(20)19-3/h17H,4-16H2,1-3H3,(H,19,20). The summed E-state index contributed by atoms with van der Waals surface area (Å²) in [5.41, 5.74) is 0. The van der Waals surface area contributed by atoms with Gasteiger partial charge in [-0.2, -0.15) is 0 Å². The van der Waals surface area contributed by atoms with E-state index in [1.807, 2.05) is 0 Å². The van der Waals surface area contributed by atoms with Gasteiger partial charge in [0.15, 0.2) is 0 Å². The molecule has 2 heteroatoms. The van der Waals surface area contributed by atoms with Crippen LogP contribution in [0.25, 0.3) is 0 Å². The average Bonchev–Trinajstić information content (AvgIpc) is 2.48. The quantitative estimate of drug-likeness (QED) is 0.421. The van der Waals surface area contributed by atoms with Crippen molar-refractivity contribution in [3.8, 4) is 0 Å². The number of carbonyl (C=O) groups excluding carboxylic acids is 1. The van der Waals surface area contributed by atoms with E-state index in [1.165, 1.54) is 70.6 Å². The van der Waals surface area contributed by atoms with Gasteiger partial charge in [0.25, 0.3) is 0 Å². The summed E-state index contributed by atoms with van der Waals surface area (Å²) in [7, 11) is 1.74. The maximum Gasteiger partial charge on any atom is 0.222 e. The summed E-state index contributed by atoms with van der Waals surface area (Å²) in [5, 5.41) is 2.77. The van der Waals surface area contributed by atoms with Gasteiger partial charge in [0.05, 0.1) is 0 Å². The van der Waals surface area contributed by atoms with Gasteiger partial charge in [0, 0.05) is 13.0 Å². The second kappa shape index (κ2) is 14.9. The lowest BCUT2D eigenvalue weighted by Gasteiger charge is -2.12. The summed E-state index contributed by atoms with van der Waals surface area (Å²) in [6.07, 6.45) is 17.1. The van der Waals surface area contributed by atoms with Crippen LogP contribution in [0.2, 0.25) is 0 Å². The molecule has 0 saturated heterocycles. The van der Waals surface area contributed by atoms with Crippen LogP contribution in [0.1, 0.15) is 97.3 Å². The first kappa shape index (κ1) is 19.5. The largest absolute Gasteiger partial charge is 0.359 e. The number of hydrogen-bond donors (Lipinski definition) is 1. The second-order valence-corrected chi connectivity index (χ2v) is 6.04.